The molecule has 0 fully saturated rings. The van der Waals surface area contributed by atoms with Gasteiger partial charge in [-0.25, -0.2) is 8.78 Å². The Bertz CT molecular complexity index is 907. The smallest absolute Gasteiger partial charge is 0.176 e. The van der Waals surface area contributed by atoms with Crippen LogP contribution in [0.1, 0.15) is 19.7 Å². The highest BCUT2D eigenvalue weighted by atomic mass is 35.5. The highest BCUT2D eigenvalue weighted by Gasteiger charge is 2.30. The summed E-state index contributed by atoms with van der Waals surface area (Å²) < 4.78 is 34.0. The van der Waals surface area contributed by atoms with E-state index in [0.717, 1.165) is 0 Å². The van der Waals surface area contributed by atoms with Gasteiger partial charge in [-0.05, 0) is 56.3 Å². The van der Waals surface area contributed by atoms with Crippen molar-refractivity contribution < 1.29 is 13.5 Å². The summed E-state index contributed by atoms with van der Waals surface area (Å²) in [5, 5.41) is 8.62. The summed E-state index contributed by atoms with van der Waals surface area (Å²) >= 11 is 6.12. The number of ether oxygens (including phenoxy) is 1. The number of rotatable bonds is 4. The Hall–Kier alpha value is -2.47. The zero-order chi connectivity index (χ0) is 18.2. The quantitative estimate of drug-likeness (QED) is 0.673. The number of benzene rings is 2. The summed E-state index contributed by atoms with van der Waals surface area (Å²) in [5.74, 6) is 0.798. The topological polar surface area (TPSA) is 39.9 Å². The van der Waals surface area contributed by atoms with E-state index in [9.17, 15) is 8.78 Å². The van der Waals surface area contributed by atoms with E-state index in [1.807, 2.05) is 13.8 Å². The van der Waals surface area contributed by atoms with E-state index < -0.39 is 11.4 Å². The van der Waals surface area contributed by atoms with Crippen LogP contribution in [0.3, 0.4) is 0 Å². The molecular weight excluding hydrogens is 348 g/mol. The van der Waals surface area contributed by atoms with Gasteiger partial charge in [-0.2, -0.15) is 0 Å². The van der Waals surface area contributed by atoms with Crippen LogP contribution < -0.4 is 4.74 Å². The maximum absolute atomic E-state index is 13.3. The maximum Gasteiger partial charge on any atom is 0.176 e. The number of aromatic nitrogens is 3. The van der Waals surface area contributed by atoms with Gasteiger partial charge in [0, 0.05) is 12.6 Å². The van der Waals surface area contributed by atoms with Gasteiger partial charge in [-0.3, -0.25) is 0 Å². The first-order valence-corrected chi connectivity index (χ1v) is 7.95. The molecule has 0 saturated carbocycles. The van der Waals surface area contributed by atoms with Crippen molar-refractivity contribution in [2.24, 2.45) is 7.05 Å². The average molecular weight is 364 g/mol. The lowest BCUT2D eigenvalue weighted by atomic mass is 10.1. The molecule has 0 amide bonds. The Balaban J connectivity index is 1.95. The summed E-state index contributed by atoms with van der Waals surface area (Å²) in [6.45, 7) is 3.66. The van der Waals surface area contributed by atoms with Gasteiger partial charge in [0.25, 0.3) is 0 Å². The van der Waals surface area contributed by atoms with E-state index in [2.05, 4.69) is 10.2 Å². The Morgan fingerprint density at radius 2 is 1.64 bits per heavy atom. The maximum atomic E-state index is 13.3. The average Bonchev–Trinajstić information content (AvgIpc) is 2.92. The van der Waals surface area contributed by atoms with Gasteiger partial charge in [0.1, 0.15) is 17.4 Å². The molecule has 3 rings (SSSR count). The van der Waals surface area contributed by atoms with Gasteiger partial charge in [0.15, 0.2) is 17.2 Å². The molecule has 0 unspecified atom stereocenters. The van der Waals surface area contributed by atoms with Gasteiger partial charge in [0.2, 0.25) is 0 Å². The second-order valence-electron chi connectivity index (χ2n) is 6.10. The van der Waals surface area contributed by atoms with Crippen molar-refractivity contribution in [1.29, 1.82) is 0 Å². The molecule has 130 valence electrons. The molecule has 4 nitrogen and oxygen atoms in total. The first kappa shape index (κ1) is 17.4. The molecule has 0 saturated heterocycles. The van der Waals surface area contributed by atoms with E-state index in [0.29, 0.717) is 23.0 Å². The van der Waals surface area contributed by atoms with Crippen LogP contribution in [-0.4, -0.2) is 14.8 Å². The van der Waals surface area contributed by atoms with Crippen LogP contribution in [0.2, 0.25) is 5.02 Å². The van der Waals surface area contributed by atoms with Crippen LogP contribution in [0.15, 0.2) is 42.5 Å². The third-order valence-corrected chi connectivity index (χ3v) is 4.08. The molecule has 0 radical (unpaired) electrons. The van der Waals surface area contributed by atoms with Crippen molar-refractivity contribution in [2.45, 2.75) is 19.4 Å². The Morgan fingerprint density at radius 3 is 2.28 bits per heavy atom. The first-order chi connectivity index (χ1) is 11.8. The van der Waals surface area contributed by atoms with Crippen LogP contribution >= 0.6 is 11.6 Å². The largest absolute Gasteiger partial charge is 0.480 e. The van der Waals surface area contributed by atoms with Crippen molar-refractivity contribution in [3.8, 4) is 17.1 Å². The molecule has 3 aromatic rings. The molecular formula is C18H16ClF2N3O. The summed E-state index contributed by atoms with van der Waals surface area (Å²) in [4.78, 5) is 0. The molecule has 0 bridgehead atoms. The lowest BCUT2D eigenvalue weighted by Gasteiger charge is -2.25. The minimum atomic E-state index is -0.829. The standard InChI is InChI=1S/C18H16ClF2N3O/c1-18(2,25-13-7-4-11(20)5-8-13)17-23-22-16(24(17)3)14-9-6-12(21)10-15(14)19/h4-10H,1-3H3. The lowest BCUT2D eigenvalue weighted by Crippen LogP contribution is -2.29. The van der Waals surface area contributed by atoms with Crippen molar-refractivity contribution in [3.63, 3.8) is 0 Å². The molecule has 0 aliphatic rings. The SMILES string of the molecule is Cn1c(-c2ccc(F)cc2Cl)nnc1C(C)(C)Oc1ccc(F)cc1. The monoisotopic (exact) mass is 363 g/mol. The molecule has 1 heterocycles. The molecule has 25 heavy (non-hydrogen) atoms. The molecule has 0 N–H and O–H groups in total. The fourth-order valence-corrected chi connectivity index (χ4v) is 2.85. The van der Waals surface area contributed by atoms with Crippen LogP contribution in [-0.2, 0) is 12.6 Å². The second kappa shape index (κ2) is 6.44. The zero-order valence-corrected chi connectivity index (χ0v) is 14.7. The van der Waals surface area contributed by atoms with Gasteiger partial charge in [-0.1, -0.05) is 11.6 Å². The minimum Gasteiger partial charge on any atom is -0.480 e. The summed E-state index contributed by atoms with van der Waals surface area (Å²) in [6.07, 6.45) is 0. The summed E-state index contributed by atoms with van der Waals surface area (Å²) in [5.41, 5.74) is -0.258. The molecule has 7 heteroatoms. The summed E-state index contributed by atoms with van der Waals surface area (Å²) in [7, 11) is 1.78. The van der Waals surface area contributed by atoms with E-state index in [1.54, 1.807) is 29.8 Å². The highest BCUT2D eigenvalue weighted by molar-refractivity contribution is 6.33. The van der Waals surface area contributed by atoms with E-state index in [4.69, 9.17) is 16.3 Å². The highest BCUT2D eigenvalue weighted by Crippen LogP contribution is 2.31. The minimum absolute atomic E-state index is 0.249. The molecule has 0 atom stereocenters. The van der Waals surface area contributed by atoms with E-state index in [-0.39, 0.29) is 10.8 Å². The predicted molar refractivity (Wildman–Crippen MR) is 91.5 cm³/mol. The van der Waals surface area contributed by atoms with Gasteiger partial charge in [0.05, 0.1) is 5.02 Å². The van der Waals surface area contributed by atoms with Gasteiger partial charge < -0.3 is 9.30 Å². The van der Waals surface area contributed by atoms with E-state index in [1.165, 1.54) is 24.3 Å². The normalized spacial score (nSPS) is 11.6. The van der Waals surface area contributed by atoms with Crippen LogP contribution in [0.5, 0.6) is 5.75 Å². The zero-order valence-electron chi connectivity index (χ0n) is 13.9. The first-order valence-electron chi connectivity index (χ1n) is 7.58. The fourth-order valence-electron chi connectivity index (χ4n) is 2.60. The lowest BCUT2D eigenvalue weighted by molar-refractivity contribution is 0.0949. The van der Waals surface area contributed by atoms with E-state index >= 15 is 0 Å². The van der Waals surface area contributed by atoms with Crippen LogP contribution in [0.4, 0.5) is 8.78 Å². The molecule has 0 aliphatic carbocycles. The number of nitrogens with zero attached hydrogens (tertiary/aromatic N) is 3. The third kappa shape index (κ3) is 3.49. The van der Waals surface area contributed by atoms with Crippen LogP contribution in [0.25, 0.3) is 11.4 Å². The molecule has 0 aliphatic heterocycles. The van der Waals surface area contributed by atoms with Crippen molar-refractivity contribution in [2.75, 3.05) is 0 Å². The molecule has 2 aromatic carbocycles. The predicted octanol–water partition coefficient (Wildman–Crippen LogP) is 4.73. The fraction of sp³-hybridized carbons (Fsp3) is 0.222. The molecule has 0 spiro atoms. The Labute approximate surface area is 149 Å². The number of hydrogen-bond donors (Lipinski definition) is 0. The van der Waals surface area contributed by atoms with Gasteiger partial charge in [-0.15, -0.1) is 10.2 Å². The van der Waals surface area contributed by atoms with Crippen molar-refractivity contribution in [3.05, 3.63) is 64.9 Å². The van der Waals surface area contributed by atoms with Crippen LogP contribution in [0, 0.1) is 11.6 Å². The number of hydrogen-bond acceptors (Lipinski definition) is 3. The Morgan fingerprint density at radius 1 is 1.00 bits per heavy atom. The number of halogens is 3. The van der Waals surface area contributed by atoms with Crippen molar-refractivity contribution in [1.82, 2.24) is 14.8 Å². The summed E-state index contributed by atoms with van der Waals surface area (Å²) in [6, 6.07) is 9.84. The second-order valence-corrected chi connectivity index (χ2v) is 6.50. The van der Waals surface area contributed by atoms with Gasteiger partial charge >= 0.3 is 0 Å². The molecule has 1 aromatic heterocycles. The Kier molecular flexibility index (Phi) is 4.47. The van der Waals surface area contributed by atoms with Crippen molar-refractivity contribution >= 4 is 11.6 Å². The third-order valence-electron chi connectivity index (χ3n) is 3.77.